The molecule has 0 bridgehead atoms. The van der Waals surface area contributed by atoms with Crippen LogP contribution in [0.5, 0.6) is 0 Å². The van der Waals surface area contributed by atoms with E-state index in [9.17, 15) is 14.4 Å². The largest absolute Gasteiger partial charge is 0.456 e. The number of thiophene rings is 1. The van der Waals surface area contributed by atoms with Crippen molar-refractivity contribution in [2.45, 2.75) is 26.7 Å². The predicted octanol–water partition coefficient (Wildman–Crippen LogP) is 3.33. The normalized spacial score (nSPS) is 10.2. The number of ether oxygens (including phenoxy) is 1. The zero-order valence-corrected chi connectivity index (χ0v) is 14.8. The number of hydrogen-bond acceptors (Lipinski definition) is 5. The molecular weight excluding hydrogens is 338 g/mol. The van der Waals surface area contributed by atoms with Crippen LogP contribution in [0.3, 0.4) is 0 Å². The number of carbonyl (C=O) groups excluding carboxylic acids is 3. The van der Waals surface area contributed by atoms with E-state index in [0.29, 0.717) is 22.3 Å². The summed E-state index contributed by atoms with van der Waals surface area (Å²) >= 11 is 6.93. The quantitative estimate of drug-likeness (QED) is 0.386. The van der Waals surface area contributed by atoms with E-state index in [2.05, 4.69) is 6.58 Å². The highest BCUT2D eigenvalue weighted by Crippen LogP contribution is 2.22. The second-order valence-electron chi connectivity index (χ2n) is 5.05. The van der Waals surface area contributed by atoms with Crippen LogP contribution in [0.2, 0.25) is 4.34 Å². The zero-order valence-electron chi connectivity index (χ0n) is 13.3. The minimum atomic E-state index is -0.569. The van der Waals surface area contributed by atoms with E-state index >= 15 is 0 Å². The van der Waals surface area contributed by atoms with Crippen LogP contribution in [0.1, 0.15) is 36.4 Å². The Hall–Kier alpha value is -1.66. The third-order valence-electron chi connectivity index (χ3n) is 2.96. The molecule has 0 saturated heterocycles. The molecule has 0 aliphatic heterocycles. The second kappa shape index (κ2) is 9.47. The molecule has 1 rings (SSSR count). The standard InChI is InChI=1S/C16H20ClNO4S/c1-4-18(9-11(2)3)15(20)10-22-16(21)8-5-12(19)13-6-7-14(17)23-13/h6-7H,2,4-5,8-10H2,1,3H3. The third kappa shape index (κ3) is 6.97. The number of Topliss-reactive ketones (excluding diaryl/α,β-unsaturated/α-hetero) is 1. The summed E-state index contributed by atoms with van der Waals surface area (Å²) in [5, 5.41) is 0. The van der Waals surface area contributed by atoms with Crippen LogP contribution in [0.25, 0.3) is 0 Å². The van der Waals surface area contributed by atoms with Gasteiger partial charge in [-0.2, -0.15) is 0 Å². The Labute approximate surface area is 144 Å². The van der Waals surface area contributed by atoms with Crippen LogP contribution in [-0.4, -0.2) is 42.3 Å². The first kappa shape index (κ1) is 19.4. The van der Waals surface area contributed by atoms with Crippen LogP contribution in [0.4, 0.5) is 0 Å². The highest BCUT2D eigenvalue weighted by atomic mass is 35.5. The van der Waals surface area contributed by atoms with Gasteiger partial charge in [-0.3, -0.25) is 14.4 Å². The first-order chi connectivity index (χ1) is 10.8. The molecule has 0 atom stereocenters. The van der Waals surface area contributed by atoms with Crippen molar-refractivity contribution < 1.29 is 19.1 Å². The molecule has 0 radical (unpaired) electrons. The van der Waals surface area contributed by atoms with Gasteiger partial charge in [-0.1, -0.05) is 23.8 Å². The van der Waals surface area contributed by atoms with Gasteiger partial charge in [0.1, 0.15) is 0 Å². The topological polar surface area (TPSA) is 63.7 Å². The summed E-state index contributed by atoms with van der Waals surface area (Å²) in [5.74, 6) is -1.01. The minimum absolute atomic E-state index is 0.0348. The van der Waals surface area contributed by atoms with E-state index < -0.39 is 5.97 Å². The molecule has 1 amide bonds. The van der Waals surface area contributed by atoms with Gasteiger partial charge >= 0.3 is 5.97 Å². The van der Waals surface area contributed by atoms with Gasteiger partial charge in [-0.15, -0.1) is 11.3 Å². The van der Waals surface area contributed by atoms with E-state index in [0.717, 1.165) is 5.57 Å². The zero-order chi connectivity index (χ0) is 17.4. The van der Waals surface area contributed by atoms with Gasteiger partial charge in [-0.25, -0.2) is 0 Å². The van der Waals surface area contributed by atoms with Crippen LogP contribution >= 0.6 is 22.9 Å². The van der Waals surface area contributed by atoms with Gasteiger partial charge in [0, 0.05) is 19.5 Å². The van der Waals surface area contributed by atoms with Crippen molar-refractivity contribution in [2.24, 2.45) is 0 Å². The van der Waals surface area contributed by atoms with E-state index in [1.807, 2.05) is 13.8 Å². The van der Waals surface area contributed by atoms with Crippen molar-refractivity contribution in [3.05, 3.63) is 33.5 Å². The highest BCUT2D eigenvalue weighted by Gasteiger charge is 2.16. The summed E-state index contributed by atoms with van der Waals surface area (Å²) in [5.41, 5.74) is 0.853. The SMILES string of the molecule is C=C(C)CN(CC)C(=O)COC(=O)CCC(=O)c1ccc(Cl)s1. The number of esters is 1. The summed E-state index contributed by atoms with van der Waals surface area (Å²) in [6, 6.07) is 3.26. The van der Waals surface area contributed by atoms with Gasteiger partial charge in [0.05, 0.1) is 15.6 Å². The maximum Gasteiger partial charge on any atom is 0.306 e. The molecule has 1 aromatic rings. The molecular formula is C16H20ClNO4S. The monoisotopic (exact) mass is 357 g/mol. The van der Waals surface area contributed by atoms with Gasteiger partial charge < -0.3 is 9.64 Å². The first-order valence-corrected chi connectivity index (χ1v) is 8.39. The number of rotatable bonds is 9. The Kier molecular flexibility index (Phi) is 7.98. The van der Waals surface area contributed by atoms with Gasteiger partial charge in [-0.05, 0) is 26.0 Å². The van der Waals surface area contributed by atoms with Crippen LogP contribution in [-0.2, 0) is 14.3 Å². The maximum absolute atomic E-state index is 11.9. The lowest BCUT2D eigenvalue weighted by Gasteiger charge is -2.20. The molecule has 5 nitrogen and oxygen atoms in total. The van der Waals surface area contributed by atoms with Crippen molar-refractivity contribution in [3.8, 4) is 0 Å². The number of ketones is 1. The number of nitrogens with zero attached hydrogens (tertiary/aromatic N) is 1. The average Bonchev–Trinajstić information content (AvgIpc) is 2.94. The van der Waals surface area contributed by atoms with E-state index in [4.69, 9.17) is 16.3 Å². The first-order valence-electron chi connectivity index (χ1n) is 7.19. The van der Waals surface area contributed by atoms with Crippen LogP contribution in [0.15, 0.2) is 24.3 Å². The van der Waals surface area contributed by atoms with Gasteiger partial charge in [0.25, 0.3) is 5.91 Å². The number of amides is 1. The Balaban J connectivity index is 2.35. The number of hydrogen-bond donors (Lipinski definition) is 0. The van der Waals surface area contributed by atoms with Crippen LogP contribution in [0, 0.1) is 0 Å². The molecule has 126 valence electrons. The molecule has 1 heterocycles. The van der Waals surface area contributed by atoms with Gasteiger partial charge in [0.15, 0.2) is 12.4 Å². The van der Waals surface area contributed by atoms with Crippen molar-refractivity contribution in [2.75, 3.05) is 19.7 Å². The number of likely N-dealkylation sites (N-methyl/N-ethyl adjacent to an activating group) is 1. The number of carbonyl (C=O) groups is 3. The summed E-state index contributed by atoms with van der Waals surface area (Å²) in [6.45, 7) is 8.05. The lowest BCUT2D eigenvalue weighted by molar-refractivity contribution is -0.151. The third-order valence-corrected chi connectivity index (χ3v) is 4.23. The summed E-state index contributed by atoms with van der Waals surface area (Å²) in [6.07, 6.45) is -0.0264. The fraction of sp³-hybridized carbons (Fsp3) is 0.438. The molecule has 0 aliphatic carbocycles. The lowest BCUT2D eigenvalue weighted by atomic mass is 10.2. The Morgan fingerprint density at radius 2 is 2.00 bits per heavy atom. The molecule has 0 unspecified atom stereocenters. The molecule has 7 heteroatoms. The summed E-state index contributed by atoms with van der Waals surface area (Å²) in [4.78, 5) is 37.4. The molecule has 1 aromatic heterocycles. The lowest BCUT2D eigenvalue weighted by Crippen LogP contribution is -2.35. The van der Waals surface area contributed by atoms with Crippen molar-refractivity contribution >= 4 is 40.6 Å². The summed E-state index contributed by atoms with van der Waals surface area (Å²) < 4.78 is 5.45. The predicted molar refractivity (Wildman–Crippen MR) is 90.9 cm³/mol. The Morgan fingerprint density at radius 1 is 1.30 bits per heavy atom. The van der Waals surface area contributed by atoms with Gasteiger partial charge in [0.2, 0.25) is 0 Å². The maximum atomic E-state index is 11.9. The molecule has 0 aromatic carbocycles. The highest BCUT2D eigenvalue weighted by molar-refractivity contribution is 7.18. The van der Waals surface area contributed by atoms with Crippen molar-refractivity contribution in [1.29, 1.82) is 0 Å². The molecule has 0 aliphatic rings. The van der Waals surface area contributed by atoms with Crippen LogP contribution < -0.4 is 0 Å². The van der Waals surface area contributed by atoms with Crippen molar-refractivity contribution in [3.63, 3.8) is 0 Å². The molecule has 0 fully saturated rings. The second-order valence-corrected chi connectivity index (χ2v) is 6.77. The smallest absolute Gasteiger partial charge is 0.306 e. The molecule has 0 spiro atoms. The molecule has 0 N–H and O–H groups in total. The molecule has 23 heavy (non-hydrogen) atoms. The summed E-state index contributed by atoms with van der Waals surface area (Å²) in [7, 11) is 0. The Bertz CT molecular complexity index is 597. The fourth-order valence-corrected chi connectivity index (χ4v) is 2.82. The average molecular weight is 358 g/mol. The van der Waals surface area contributed by atoms with E-state index in [1.165, 1.54) is 11.3 Å². The fourth-order valence-electron chi connectivity index (χ4n) is 1.81. The van der Waals surface area contributed by atoms with E-state index in [-0.39, 0.29) is 31.1 Å². The number of halogens is 1. The Morgan fingerprint density at radius 3 is 2.52 bits per heavy atom. The molecule has 0 saturated carbocycles. The minimum Gasteiger partial charge on any atom is -0.456 e. The van der Waals surface area contributed by atoms with E-state index in [1.54, 1.807) is 17.0 Å². The van der Waals surface area contributed by atoms with Crippen molar-refractivity contribution in [1.82, 2.24) is 4.90 Å².